The fourth-order valence-corrected chi connectivity index (χ4v) is 3.00. The third-order valence-corrected chi connectivity index (χ3v) is 4.62. The van der Waals surface area contributed by atoms with Crippen LogP contribution in [-0.4, -0.2) is 74.7 Å². The molecule has 0 aliphatic heterocycles. The number of hydrogen-bond donors (Lipinski definition) is 4. The molecule has 0 saturated heterocycles. The lowest BCUT2D eigenvalue weighted by Gasteiger charge is -2.33. The highest BCUT2D eigenvalue weighted by Crippen LogP contribution is 2.27. The number of carbonyl (C=O) groups excluding carboxylic acids is 5. The molecule has 0 heterocycles. The Morgan fingerprint density at radius 2 is 1.59 bits per heavy atom. The number of ether oxygens (including phenoxy) is 2. The Bertz CT molecular complexity index is 906. The molecule has 11 nitrogen and oxygen atoms in total. The number of Topliss-reactive ketones (excluding diaryl/α,β-unsaturated/α-hetero) is 3. The highest BCUT2D eigenvalue weighted by atomic mass is 16.6. The number of alkyl carbamates (subject to hydrolysis) is 1. The van der Waals surface area contributed by atoms with Gasteiger partial charge in [-0.05, 0) is 40.2 Å². The number of nitrogens with one attached hydrogen (secondary N) is 1. The summed E-state index contributed by atoms with van der Waals surface area (Å²) in [5.41, 5.74) is -3.93. The van der Waals surface area contributed by atoms with Gasteiger partial charge in [-0.25, -0.2) is 9.59 Å². The smallest absolute Gasteiger partial charge is 0.408 e. The molecular weight excluding hydrogens is 450 g/mol. The van der Waals surface area contributed by atoms with Crippen LogP contribution in [0.2, 0.25) is 0 Å². The molecule has 3 unspecified atom stereocenters. The van der Waals surface area contributed by atoms with Gasteiger partial charge in [0, 0.05) is 0 Å². The highest BCUT2D eigenvalue weighted by molar-refractivity contribution is 6.20. The second-order valence-corrected chi connectivity index (χ2v) is 8.70. The monoisotopic (exact) mass is 481 g/mol. The van der Waals surface area contributed by atoms with Crippen molar-refractivity contribution in [3.63, 3.8) is 0 Å². The zero-order valence-corrected chi connectivity index (χ0v) is 19.7. The summed E-state index contributed by atoms with van der Waals surface area (Å²) in [5, 5.41) is 32.4. The second kappa shape index (κ2) is 11.8. The van der Waals surface area contributed by atoms with Crippen LogP contribution in [0.1, 0.15) is 40.2 Å². The first-order valence-electron chi connectivity index (χ1n) is 10.5. The summed E-state index contributed by atoms with van der Waals surface area (Å²) < 4.78 is 10.1. The van der Waals surface area contributed by atoms with E-state index < -0.39 is 71.9 Å². The van der Waals surface area contributed by atoms with Gasteiger partial charge in [0.15, 0.2) is 17.3 Å². The number of benzene rings is 1. The van der Waals surface area contributed by atoms with Crippen molar-refractivity contribution in [1.82, 2.24) is 5.32 Å². The number of esters is 1. The lowest BCUT2D eigenvalue weighted by molar-refractivity contribution is -0.184. The predicted octanol–water partition coefficient (Wildman–Crippen LogP) is 0.0707. The molecule has 1 aromatic carbocycles. The summed E-state index contributed by atoms with van der Waals surface area (Å²) in [5.74, 6) is -8.42. The average Bonchev–Trinajstić information content (AvgIpc) is 2.75. The number of amides is 1. The summed E-state index contributed by atoms with van der Waals surface area (Å²) in [7, 11) is 0. The molecule has 1 rings (SSSR count). The summed E-state index contributed by atoms with van der Waals surface area (Å²) >= 11 is 0. The van der Waals surface area contributed by atoms with E-state index in [-0.39, 0.29) is 0 Å². The van der Waals surface area contributed by atoms with E-state index in [1.54, 1.807) is 51.1 Å². The van der Waals surface area contributed by atoms with Crippen molar-refractivity contribution < 1.29 is 48.8 Å². The van der Waals surface area contributed by atoms with E-state index in [1.807, 2.05) is 0 Å². The molecule has 11 heteroatoms. The van der Waals surface area contributed by atoms with Gasteiger partial charge < -0.3 is 30.1 Å². The summed E-state index contributed by atoms with van der Waals surface area (Å²) in [4.78, 5) is 63.3. The van der Waals surface area contributed by atoms with Crippen LogP contribution in [0.25, 0.3) is 0 Å². The number of aliphatic hydroxyl groups excluding tert-OH is 2. The van der Waals surface area contributed by atoms with E-state index in [0.29, 0.717) is 5.56 Å². The van der Waals surface area contributed by atoms with Gasteiger partial charge in [0.1, 0.15) is 30.8 Å². The molecular formula is C23H31NO10. The molecule has 188 valence electrons. The SMILES string of the molecule is CC(O)C(=O)C(C(=O)CO)C(O)(C(=O)OCc1ccccc1)C(=O)[C@H](C)NC(=O)OC(C)(C)C. The number of ketones is 3. The maximum absolute atomic E-state index is 13.2. The van der Waals surface area contributed by atoms with Crippen LogP contribution < -0.4 is 5.32 Å². The quantitative estimate of drug-likeness (QED) is 0.250. The largest absolute Gasteiger partial charge is 0.458 e. The molecule has 0 spiro atoms. The Balaban J connectivity index is 3.39. The van der Waals surface area contributed by atoms with Crippen molar-refractivity contribution in [3.05, 3.63) is 35.9 Å². The lowest BCUT2D eigenvalue weighted by atomic mass is 9.75. The van der Waals surface area contributed by atoms with Gasteiger partial charge in [-0.15, -0.1) is 0 Å². The van der Waals surface area contributed by atoms with Gasteiger partial charge in [0.05, 0.1) is 6.04 Å². The molecule has 4 N–H and O–H groups in total. The van der Waals surface area contributed by atoms with Gasteiger partial charge >= 0.3 is 12.1 Å². The highest BCUT2D eigenvalue weighted by Gasteiger charge is 2.59. The normalized spacial score (nSPS) is 15.8. The van der Waals surface area contributed by atoms with Crippen LogP contribution >= 0.6 is 0 Å². The van der Waals surface area contributed by atoms with E-state index in [4.69, 9.17) is 9.47 Å². The van der Waals surface area contributed by atoms with E-state index in [0.717, 1.165) is 13.8 Å². The fourth-order valence-electron chi connectivity index (χ4n) is 3.00. The topological polar surface area (TPSA) is 177 Å². The van der Waals surface area contributed by atoms with E-state index in [1.165, 1.54) is 0 Å². The van der Waals surface area contributed by atoms with Gasteiger partial charge in [-0.3, -0.25) is 14.4 Å². The molecule has 0 aromatic heterocycles. The minimum absolute atomic E-state index is 0.425. The Labute approximate surface area is 197 Å². The first kappa shape index (κ1) is 28.9. The standard InChI is InChI=1S/C23H31NO10/c1-13(24-21(31)34-22(3,4)5)19(29)23(32,17(16(27)11-25)18(28)14(2)26)20(30)33-12-15-9-7-6-8-10-15/h6-10,13-14,17,25-26,32H,11-12H2,1-5H3,(H,24,31)/t13-,14?,17?,23?/m0/s1. The number of hydrogen-bond acceptors (Lipinski definition) is 10. The number of rotatable bonds is 11. The first-order valence-corrected chi connectivity index (χ1v) is 10.5. The first-order chi connectivity index (χ1) is 15.6. The van der Waals surface area contributed by atoms with Crippen molar-refractivity contribution in [1.29, 1.82) is 0 Å². The van der Waals surface area contributed by atoms with E-state index in [2.05, 4.69) is 5.32 Å². The molecule has 34 heavy (non-hydrogen) atoms. The summed E-state index contributed by atoms with van der Waals surface area (Å²) in [6.07, 6.45) is -2.95. The van der Waals surface area contributed by atoms with Crippen LogP contribution in [0.5, 0.6) is 0 Å². The Hall–Kier alpha value is -3.15. The van der Waals surface area contributed by atoms with Crippen LogP contribution in [0, 0.1) is 5.92 Å². The molecule has 1 aromatic rings. The van der Waals surface area contributed by atoms with Crippen molar-refractivity contribution in [2.24, 2.45) is 5.92 Å². The molecule has 0 aliphatic carbocycles. The lowest BCUT2D eigenvalue weighted by Crippen LogP contribution is -2.64. The van der Waals surface area contributed by atoms with Gasteiger partial charge in [-0.2, -0.15) is 0 Å². The van der Waals surface area contributed by atoms with Crippen LogP contribution in [0.4, 0.5) is 4.79 Å². The molecule has 1 amide bonds. The minimum atomic E-state index is -3.46. The molecule has 0 saturated carbocycles. The maximum atomic E-state index is 13.2. The van der Waals surface area contributed by atoms with Gasteiger partial charge in [0.25, 0.3) is 0 Å². The van der Waals surface area contributed by atoms with E-state index >= 15 is 0 Å². The Kier molecular flexibility index (Phi) is 10.0. The second-order valence-electron chi connectivity index (χ2n) is 8.70. The third-order valence-electron chi connectivity index (χ3n) is 4.62. The van der Waals surface area contributed by atoms with Gasteiger partial charge in [0.2, 0.25) is 5.60 Å². The number of aliphatic hydroxyl groups is 3. The Morgan fingerprint density at radius 3 is 2.06 bits per heavy atom. The van der Waals surface area contributed by atoms with E-state index in [9.17, 15) is 39.3 Å². The van der Waals surface area contributed by atoms with Crippen molar-refractivity contribution in [2.75, 3.05) is 6.61 Å². The van der Waals surface area contributed by atoms with Crippen LogP contribution in [0.3, 0.4) is 0 Å². The zero-order valence-electron chi connectivity index (χ0n) is 19.7. The summed E-state index contributed by atoms with van der Waals surface area (Å²) in [6.45, 7) is 5.00. The van der Waals surface area contributed by atoms with Crippen LogP contribution in [-0.2, 0) is 35.3 Å². The Morgan fingerprint density at radius 1 is 1.03 bits per heavy atom. The maximum Gasteiger partial charge on any atom is 0.408 e. The van der Waals surface area contributed by atoms with Crippen molar-refractivity contribution >= 4 is 29.4 Å². The van der Waals surface area contributed by atoms with Crippen LogP contribution in [0.15, 0.2) is 30.3 Å². The molecule has 0 radical (unpaired) electrons. The molecule has 0 fully saturated rings. The van der Waals surface area contributed by atoms with Crippen molar-refractivity contribution in [3.8, 4) is 0 Å². The summed E-state index contributed by atoms with van der Waals surface area (Å²) in [6, 6.07) is 6.51. The third kappa shape index (κ3) is 7.44. The average molecular weight is 481 g/mol. The van der Waals surface area contributed by atoms with Crippen molar-refractivity contribution in [2.45, 2.75) is 64.6 Å². The van der Waals surface area contributed by atoms with Gasteiger partial charge in [-0.1, -0.05) is 30.3 Å². The minimum Gasteiger partial charge on any atom is -0.458 e. The predicted molar refractivity (Wildman–Crippen MR) is 117 cm³/mol. The number of carbonyl (C=O) groups is 5. The molecule has 0 bridgehead atoms. The molecule has 4 atom stereocenters. The molecule has 0 aliphatic rings. The fraction of sp³-hybridized carbons (Fsp3) is 0.522. The zero-order chi connectivity index (χ0) is 26.3.